The number of para-hydroxylation sites is 1. The van der Waals surface area contributed by atoms with Gasteiger partial charge in [0, 0.05) is 12.4 Å². The first-order valence-corrected chi connectivity index (χ1v) is 5.87. The van der Waals surface area contributed by atoms with Crippen molar-refractivity contribution in [2.75, 3.05) is 18.5 Å². The van der Waals surface area contributed by atoms with Crippen LogP contribution in [0.15, 0.2) is 42.7 Å². The number of benzene rings is 1. The Bertz CT molecular complexity index is 546. The number of nitrogens with zero attached hydrogens (tertiary/aromatic N) is 2. The quantitative estimate of drug-likeness (QED) is 0.857. The zero-order valence-electron chi connectivity index (χ0n) is 10.4. The average molecular weight is 283 g/mol. The topological polar surface area (TPSA) is 47.0 Å². The summed E-state index contributed by atoms with van der Waals surface area (Å²) >= 11 is 0. The number of anilines is 1. The first-order chi connectivity index (χ1) is 9.57. The molecule has 0 aliphatic heterocycles. The van der Waals surface area contributed by atoms with Gasteiger partial charge in [0.2, 0.25) is 5.95 Å². The third-order valence-corrected chi connectivity index (χ3v) is 2.40. The SMILES string of the molecule is FC(F)(F)c1ccccc1OCCNc1ncccn1. The van der Waals surface area contributed by atoms with Gasteiger partial charge in [-0.2, -0.15) is 13.2 Å². The van der Waals surface area contributed by atoms with Crippen LogP contribution in [0.3, 0.4) is 0 Å². The molecule has 0 saturated heterocycles. The predicted octanol–water partition coefficient (Wildman–Crippen LogP) is 2.99. The second-order valence-corrected chi connectivity index (χ2v) is 3.84. The molecule has 0 atom stereocenters. The molecule has 0 unspecified atom stereocenters. The van der Waals surface area contributed by atoms with Crippen molar-refractivity contribution in [2.45, 2.75) is 6.18 Å². The summed E-state index contributed by atoms with van der Waals surface area (Å²) in [5.41, 5.74) is -0.782. The van der Waals surface area contributed by atoms with Crippen molar-refractivity contribution in [1.82, 2.24) is 9.97 Å². The van der Waals surface area contributed by atoms with Crippen LogP contribution in [0.2, 0.25) is 0 Å². The zero-order valence-corrected chi connectivity index (χ0v) is 10.4. The van der Waals surface area contributed by atoms with Gasteiger partial charge in [-0.15, -0.1) is 0 Å². The molecular weight excluding hydrogens is 271 g/mol. The second-order valence-electron chi connectivity index (χ2n) is 3.84. The minimum Gasteiger partial charge on any atom is -0.491 e. The van der Waals surface area contributed by atoms with Crippen LogP contribution in [-0.4, -0.2) is 23.1 Å². The lowest BCUT2D eigenvalue weighted by Gasteiger charge is -2.13. The Kier molecular flexibility index (Phi) is 4.39. The Morgan fingerprint density at radius 1 is 1.05 bits per heavy atom. The molecule has 1 aromatic heterocycles. The number of nitrogens with one attached hydrogen (secondary N) is 1. The highest BCUT2D eigenvalue weighted by atomic mass is 19.4. The highest BCUT2D eigenvalue weighted by molar-refractivity contribution is 5.35. The van der Waals surface area contributed by atoms with Crippen molar-refractivity contribution < 1.29 is 17.9 Å². The van der Waals surface area contributed by atoms with Crippen LogP contribution in [0.1, 0.15) is 5.56 Å². The van der Waals surface area contributed by atoms with Crippen LogP contribution >= 0.6 is 0 Å². The van der Waals surface area contributed by atoms with Gasteiger partial charge in [0.15, 0.2) is 0 Å². The number of hydrogen-bond acceptors (Lipinski definition) is 4. The molecule has 1 aromatic carbocycles. The molecule has 1 heterocycles. The van der Waals surface area contributed by atoms with E-state index in [2.05, 4.69) is 15.3 Å². The standard InChI is InChI=1S/C13H12F3N3O/c14-13(15,16)10-4-1-2-5-11(10)20-9-8-19-12-17-6-3-7-18-12/h1-7H,8-9H2,(H,17,18,19). The molecule has 0 fully saturated rings. The van der Waals surface area contributed by atoms with E-state index in [1.165, 1.54) is 18.2 Å². The van der Waals surface area contributed by atoms with Crippen LogP contribution in [0.5, 0.6) is 5.75 Å². The molecule has 106 valence electrons. The first kappa shape index (κ1) is 14.1. The Labute approximate surface area is 113 Å². The van der Waals surface area contributed by atoms with E-state index in [9.17, 15) is 13.2 Å². The largest absolute Gasteiger partial charge is 0.491 e. The van der Waals surface area contributed by atoms with Gasteiger partial charge in [-0.25, -0.2) is 9.97 Å². The van der Waals surface area contributed by atoms with Crippen LogP contribution in [0.25, 0.3) is 0 Å². The molecule has 4 nitrogen and oxygen atoms in total. The van der Waals surface area contributed by atoms with Gasteiger partial charge in [0.05, 0.1) is 12.1 Å². The van der Waals surface area contributed by atoms with E-state index < -0.39 is 11.7 Å². The van der Waals surface area contributed by atoms with Gasteiger partial charge < -0.3 is 10.1 Å². The summed E-state index contributed by atoms with van der Waals surface area (Å²) < 4.78 is 43.3. The maximum absolute atomic E-state index is 12.7. The normalized spacial score (nSPS) is 11.2. The summed E-state index contributed by atoms with van der Waals surface area (Å²) in [4.78, 5) is 7.84. The van der Waals surface area contributed by atoms with E-state index in [-0.39, 0.29) is 12.4 Å². The van der Waals surface area contributed by atoms with E-state index >= 15 is 0 Å². The van der Waals surface area contributed by atoms with Gasteiger partial charge in [-0.1, -0.05) is 12.1 Å². The third-order valence-electron chi connectivity index (χ3n) is 2.40. The molecule has 0 radical (unpaired) electrons. The summed E-state index contributed by atoms with van der Waals surface area (Å²) in [5.74, 6) is 0.219. The smallest absolute Gasteiger partial charge is 0.419 e. The van der Waals surface area contributed by atoms with E-state index in [0.29, 0.717) is 12.5 Å². The second kappa shape index (κ2) is 6.23. The molecule has 0 spiro atoms. The lowest BCUT2D eigenvalue weighted by molar-refractivity contribution is -0.138. The molecule has 1 N–H and O–H groups in total. The fourth-order valence-corrected chi connectivity index (χ4v) is 1.54. The van der Waals surface area contributed by atoms with Crippen molar-refractivity contribution in [1.29, 1.82) is 0 Å². The summed E-state index contributed by atoms with van der Waals surface area (Å²) in [6.45, 7) is 0.377. The highest BCUT2D eigenvalue weighted by Gasteiger charge is 2.33. The molecule has 0 amide bonds. The van der Waals surface area contributed by atoms with Gasteiger partial charge in [0.25, 0.3) is 0 Å². The fourth-order valence-electron chi connectivity index (χ4n) is 1.54. The monoisotopic (exact) mass is 283 g/mol. The van der Waals surface area contributed by atoms with Crippen LogP contribution in [-0.2, 0) is 6.18 Å². The van der Waals surface area contributed by atoms with Crippen molar-refractivity contribution in [3.8, 4) is 5.75 Å². The fraction of sp³-hybridized carbons (Fsp3) is 0.231. The maximum Gasteiger partial charge on any atom is 0.419 e. The molecule has 0 saturated carbocycles. The molecule has 7 heteroatoms. The Balaban J connectivity index is 1.89. The van der Waals surface area contributed by atoms with E-state index in [4.69, 9.17) is 4.74 Å². The molecular formula is C13H12F3N3O. The maximum atomic E-state index is 12.7. The van der Waals surface area contributed by atoms with Crippen molar-refractivity contribution in [2.24, 2.45) is 0 Å². The predicted molar refractivity (Wildman–Crippen MR) is 67.5 cm³/mol. The average Bonchev–Trinajstić information content (AvgIpc) is 2.44. The summed E-state index contributed by atoms with van der Waals surface area (Å²) in [5, 5.41) is 2.84. The third kappa shape index (κ3) is 3.84. The van der Waals surface area contributed by atoms with Crippen molar-refractivity contribution in [3.05, 3.63) is 48.3 Å². The number of hydrogen-bond donors (Lipinski definition) is 1. The summed E-state index contributed by atoms with van der Waals surface area (Å²) in [7, 11) is 0. The summed E-state index contributed by atoms with van der Waals surface area (Å²) in [6.07, 6.45) is -1.29. The van der Waals surface area contributed by atoms with Crippen molar-refractivity contribution in [3.63, 3.8) is 0 Å². The molecule has 20 heavy (non-hydrogen) atoms. The van der Waals surface area contributed by atoms with E-state index in [1.54, 1.807) is 18.5 Å². The van der Waals surface area contributed by atoms with Crippen LogP contribution in [0.4, 0.5) is 19.1 Å². The lowest BCUT2D eigenvalue weighted by atomic mass is 10.2. The number of aromatic nitrogens is 2. The van der Waals surface area contributed by atoms with Gasteiger partial charge >= 0.3 is 6.18 Å². The number of rotatable bonds is 5. The zero-order chi connectivity index (χ0) is 14.4. The highest BCUT2D eigenvalue weighted by Crippen LogP contribution is 2.35. The van der Waals surface area contributed by atoms with Crippen LogP contribution < -0.4 is 10.1 Å². The van der Waals surface area contributed by atoms with E-state index in [1.807, 2.05) is 0 Å². The molecule has 0 aliphatic carbocycles. The molecule has 2 rings (SSSR count). The van der Waals surface area contributed by atoms with Crippen LogP contribution in [0, 0.1) is 0 Å². The minimum atomic E-state index is -4.42. The van der Waals surface area contributed by atoms with Gasteiger partial charge in [0.1, 0.15) is 12.4 Å². The Morgan fingerprint density at radius 2 is 1.75 bits per heavy atom. The van der Waals surface area contributed by atoms with Gasteiger partial charge in [-0.05, 0) is 18.2 Å². The lowest BCUT2D eigenvalue weighted by Crippen LogP contribution is -2.15. The van der Waals surface area contributed by atoms with Gasteiger partial charge in [-0.3, -0.25) is 0 Å². The molecule has 2 aromatic rings. The van der Waals surface area contributed by atoms with E-state index in [0.717, 1.165) is 6.07 Å². The number of ether oxygens (including phenoxy) is 1. The Hall–Kier alpha value is -2.31. The molecule has 0 aliphatic rings. The first-order valence-electron chi connectivity index (χ1n) is 5.87. The number of halogens is 3. The molecule has 0 bridgehead atoms. The minimum absolute atomic E-state index is 0.0747. The van der Waals surface area contributed by atoms with Crippen molar-refractivity contribution >= 4 is 5.95 Å². The Morgan fingerprint density at radius 3 is 2.45 bits per heavy atom. The summed E-state index contributed by atoms with van der Waals surface area (Å²) in [6, 6.07) is 6.77. The number of alkyl halides is 3.